The van der Waals surface area contributed by atoms with Crippen LogP contribution in [0.5, 0.6) is 0 Å². The molecule has 1 aliphatic rings. The highest BCUT2D eigenvalue weighted by Gasteiger charge is 2.53. The molecule has 5 nitrogen and oxygen atoms in total. The molecular formula is C24H34F2N2O3S. The van der Waals surface area contributed by atoms with E-state index in [4.69, 9.17) is 0 Å². The maximum Gasteiger partial charge on any atom is 0.222 e. The number of amides is 1. The minimum absolute atomic E-state index is 0.0297. The first-order valence-electron chi connectivity index (χ1n) is 10.9. The van der Waals surface area contributed by atoms with E-state index in [-0.39, 0.29) is 24.8 Å². The lowest BCUT2D eigenvalue weighted by molar-refractivity contribution is -0.124. The van der Waals surface area contributed by atoms with Gasteiger partial charge in [-0.05, 0) is 44.4 Å². The summed E-state index contributed by atoms with van der Waals surface area (Å²) < 4.78 is 58.6. The van der Waals surface area contributed by atoms with Gasteiger partial charge in [0.2, 0.25) is 15.9 Å². The lowest BCUT2D eigenvalue weighted by Crippen LogP contribution is -2.55. The summed E-state index contributed by atoms with van der Waals surface area (Å²) in [5.41, 5.74) is -2.49. The zero-order valence-corrected chi connectivity index (χ0v) is 20.2. The van der Waals surface area contributed by atoms with Gasteiger partial charge in [0, 0.05) is 19.0 Å². The third-order valence-corrected chi connectivity index (χ3v) is 7.83. The molecule has 0 radical (unpaired) electrons. The van der Waals surface area contributed by atoms with Gasteiger partial charge in [-0.1, -0.05) is 56.3 Å². The molecule has 0 heterocycles. The fraction of sp³-hybridized carbons (Fsp3) is 0.542. The van der Waals surface area contributed by atoms with Crippen LogP contribution < -0.4 is 10.0 Å². The molecule has 0 spiro atoms. The molecule has 0 bridgehead atoms. The van der Waals surface area contributed by atoms with E-state index in [1.54, 1.807) is 19.9 Å². The molecule has 0 aromatic heterocycles. The van der Waals surface area contributed by atoms with Crippen molar-refractivity contribution in [3.8, 4) is 0 Å². The normalized spacial score (nSPS) is 23.2. The summed E-state index contributed by atoms with van der Waals surface area (Å²) in [6.07, 6.45) is 2.78. The molecule has 2 N–H and O–H groups in total. The predicted molar refractivity (Wildman–Crippen MR) is 125 cm³/mol. The smallest absolute Gasteiger partial charge is 0.222 e. The third kappa shape index (κ3) is 5.84. The van der Waals surface area contributed by atoms with Crippen LogP contribution in [0, 0.1) is 11.3 Å². The van der Waals surface area contributed by atoms with Crippen LogP contribution in [-0.2, 0) is 14.8 Å². The summed E-state index contributed by atoms with van der Waals surface area (Å²) in [6, 6.07) is 9.19. The number of nitrogens with one attached hydrogen (secondary N) is 2. The minimum Gasteiger partial charge on any atom is -0.356 e. The lowest BCUT2D eigenvalue weighted by atomic mass is 9.65. The molecule has 1 aromatic rings. The summed E-state index contributed by atoms with van der Waals surface area (Å²) >= 11 is 0. The standard InChI is InChI=1S/C24H34F2N2O3S/c1-17(2)22(29)27-14-13-24(23(5,26)16-28-32(30,31)18(3)4)12-11-20(15-21(24)25)19-9-7-6-8-10-19/h6-12,15,17-18,21,28H,13-14,16H2,1-5H3,(H,27,29). The SMILES string of the molecule is CC(C)C(=O)NCCC1(C(C)(F)CNS(=O)(=O)C(C)C)C=CC(c2ccccc2)=CC1F. The first-order chi connectivity index (χ1) is 14.8. The van der Waals surface area contributed by atoms with E-state index in [2.05, 4.69) is 10.0 Å². The molecule has 2 rings (SSSR count). The molecule has 3 atom stereocenters. The number of carbonyl (C=O) groups excluding carboxylic acids is 1. The van der Waals surface area contributed by atoms with Crippen LogP contribution in [-0.4, -0.2) is 44.5 Å². The number of hydrogen-bond acceptors (Lipinski definition) is 3. The molecule has 0 saturated heterocycles. The van der Waals surface area contributed by atoms with Crippen molar-refractivity contribution in [2.24, 2.45) is 11.3 Å². The second-order valence-electron chi connectivity index (χ2n) is 9.07. The Hall–Kier alpha value is -2.06. The zero-order chi connectivity index (χ0) is 24.2. The van der Waals surface area contributed by atoms with E-state index < -0.39 is 39.1 Å². The molecule has 32 heavy (non-hydrogen) atoms. The fourth-order valence-corrected chi connectivity index (χ4v) is 4.43. The zero-order valence-electron chi connectivity index (χ0n) is 19.4. The van der Waals surface area contributed by atoms with Crippen LogP contribution in [0.3, 0.4) is 0 Å². The van der Waals surface area contributed by atoms with Gasteiger partial charge in [-0.2, -0.15) is 0 Å². The Morgan fingerprint density at radius 2 is 1.81 bits per heavy atom. The quantitative estimate of drug-likeness (QED) is 0.541. The van der Waals surface area contributed by atoms with E-state index in [1.165, 1.54) is 32.9 Å². The van der Waals surface area contributed by atoms with Crippen LogP contribution in [0.15, 0.2) is 48.6 Å². The van der Waals surface area contributed by atoms with E-state index in [0.717, 1.165) is 5.56 Å². The Labute approximate surface area is 190 Å². The average Bonchev–Trinajstić information content (AvgIpc) is 2.73. The minimum atomic E-state index is -3.73. The molecule has 0 aliphatic heterocycles. The number of benzene rings is 1. The van der Waals surface area contributed by atoms with Gasteiger partial charge in [0.1, 0.15) is 11.8 Å². The molecule has 3 unspecified atom stereocenters. The molecule has 1 amide bonds. The van der Waals surface area contributed by atoms with Gasteiger partial charge in [0.05, 0.1) is 10.7 Å². The lowest BCUT2D eigenvalue weighted by Gasteiger charge is -2.45. The molecule has 1 aliphatic carbocycles. The van der Waals surface area contributed by atoms with E-state index >= 15 is 8.78 Å². The van der Waals surface area contributed by atoms with Crippen molar-refractivity contribution >= 4 is 21.5 Å². The number of sulfonamides is 1. The van der Waals surface area contributed by atoms with Crippen LogP contribution >= 0.6 is 0 Å². The van der Waals surface area contributed by atoms with Gasteiger partial charge in [0.15, 0.2) is 0 Å². The molecule has 178 valence electrons. The Kier molecular flexibility index (Phi) is 8.39. The summed E-state index contributed by atoms with van der Waals surface area (Å²) in [5.74, 6) is -0.467. The maximum absolute atomic E-state index is 16.1. The van der Waals surface area contributed by atoms with Gasteiger partial charge in [-0.3, -0.25) is 4.79 Å². The van der Waals surface area contributed by atoms with Crippen LogP contribution in [0.2, 0.25) is 0 Å². The number of alkyl halides is 2. The molecule has 0 saturated carbocycles. The van der Waals surface area contributed by atoms with Crippen LogP contribution in [0.1, 0.15) is 46.6 Å². The number of halogens is 2. The monoisotopic (exact) mass is 468 g/mol. The highest BCUT2D eigenvalue weighted by atomic mass is 32.2. The van der Waals surface area contributed by atoms with Crippen LogP contribution in [0.4, 0.5) is 8.78 Å². The molecule has 0 fully saturated rings. The Bertz CT molecular complexity index is 957. The Morgan fingerprint density at radius 1 is 1.19 bits per heavy atom. The predicted octanol–water partition coefficient (Wildman–Crippen LogP) is 4.18. The summed E-state index contributed by atoms with van der Waals surface area (Å²) in [5, 5.41) is 1.97. The van der Waals surface area contributed by atoms with Gasteiger partial charge >= 0.3 is 0 Å². The highest BCUT2D eigenvalue weighted by molar-refractivity contribution is 7.90. The van der Waals surface area contributed by atoms with Gasteiger partial charge < -0.3 is 5.32 Å². The van der Waals surface area contributed by atoms with Crippen molar-refractivity contribution in [1.29, 1.82) is 0 Å². The van der Waals surface area contributed by atoms with Crippen molar-refractivity contribution in [3.05, 3.63) is 54.1 Å². The first-order valence-corrected chi connectivity index (χ1v) is 12.4. The summed E-state index contributed by atoms with van der Waals surface area (Å²) in [6.45, 7) is 7.14. The first kappa shape index (κ1) is 26.2. The van der Waals surface area contributed by atoms with Crippen molar-refractivity contribution < 1.29 is 22.0 Å². The maximum atomic E-state index is 16.1. The number of hydrogen-bond donors (Lipinski definition) is 2. The van der Waals surface area contributed by atoms with E-state index in [1.807, 2.05) is 30.3 Å². The topological polar surface area (TPSA) is 75.3 Å². The van der Waals surface area contributed by atoms with Crippen molar-refractivity contribution in [1.82, 2.24) is 10.0 Å². The van der Waals surface area contributed by atoms with Gasteiger partial charge in [-0.15, -0.1) is 0 Å². The van der Waals surface area contributed by atoms with Gasteiger partial charge in [0.25, 0.3) is 0 Å². The second-order valence-corrected chi connectivity index (χ2v) is 11.4. The second kappa shape index (κ2) is 10.3. The Balaban J connectivity index is 2.34. The van der Waals surface area contributed by atoms with Gasteiger partial charge in [-0.25, -0.2) is 21.9 Å². The molecule has 1 aromatic carbocycles. The Morgan fingerprint density at radius 3 is 2.34 bits per heavy atom. The fourth-order valence-electron chi connectivity index (χ4n) is 3.62. The van der Waals surface area contributed by atoms with E-state index in [0.29, 0.717) is 5.57 Å². The van der Waals surface area contributed by atoms with E-state index in [9.17, 15) is 13.2 Å². The molecular weight excluding hydrogens is 434 g/mol. The summed E-state index contributed by atoms with van der Waals surface area (Å²) in [7, 11) is -3.73. The number of carbonyl (C=O) groups is 1. The van der Waals surface area contributed by atoms with Crippen LogP contribution in [0.25, 0.3) is 5.57 Å². The number of rotatable bonds is 10. The third-order valence-electron chi connectivity index (χ3n) is 6.04. The van der Waals surface area contributed by atoms with Crippen molar-refractivity contribution in [2.45, 2.75) is 58.1 Å². The van der Waals surface area contributed by atoms with Crippen molar-refractivity contribution in [3.63, 3.8) is 0 Å². The largest absolute Gasteiger partial charge is 0.356 e. The average molecular weight is 469 g/mol. The number of allylic oxidation sites excluding steroid dienone is 4. The highest BCUT2D eigenvalue weighted by Crippen LogP contribution is 2.48. The molecule has 8 heteroatoms. The summed E-state index contributed by atoms with van der Waals surface area (Å²) in [4.78, 5) is 12.0. The van der Waals surface area contributed by atoms with Crippen molar-refractivity contribution in [2.75, 3.05) is 13.1 Å².